The number of nitrogens with one attached hydrogen (secondary N) is 2. The number of piperazine rings is 1. The topological polar surface area (TPSA) is 112 Å². The predicted molar refractivity (Wildman–Crippen MR) is 131 cm³/mol. The van der Waals surface area contributed by atoms with Crippen molar-refractivity contribution in [3.8, 4) is 5.75 Å². The first kappa shape index (κ1) is 24.0. The quantitative estimate of drug-likeness (QED) is 0.538. The fourth-order valence-electron chi connectivity index (χ4n) is 4.11. The molecule has 2 N–H and O–H groups in total. The lowest BCUT2D eigenvalue weighted by Crippen LogP contribution is -2.52. The number of H-pyrrole nitrogens is 1. The molecule has 1 aliphatic heterocycles. The highest BCUT2D eigenvalue weighted by atomic mass is 16.5. The third-order valence-corrected chi connectivity index (χ3v) is 6.20. The highest BCUT2D eigenvalue weighted by Gasteiger charge is 2.24. The van der Waals surface area contributed by atoms with Crippen LogP contribution in [0.15, 0.2) is 59.5 Å². The van der Waals surface area contributed by atoms with Gasteiger partial charge in [-0.1, -0.05) is 24.3 Å². The van der Waals surface area contributed by atoms with Gasteiger partial charge in [0.1, 0.15) is 11.3 Å². The number of nitrogens with zero attached hydrogens (tertiary/aromatic N) is 2. The third kappa shape index (κ3) is 5.68. The van der Waals surface area contributed by atoms with Crippen molar-refractivity contribution in [2.75, 3.05) is 39.8 Å². The van der Waals surface area contributed by atoms with Crippen LogP contribution in [-0.4, -0.2) is 72.3 Å². The van der Waals surface area contributed by atoms with Crippen LogP contribution < -0.4 is 15.5 Å². The number of para-hydroxylation sites is 1. The Morgan fingerprint density at radius 1 is 0.943 bits per heavy atom. The second-order valence-electron chi connectivity index (χ2n) is 8.37. The number of pyridine rings is 1. The van der Waals surface area contributed by atoms with Crippen LogP contribution in [0.4, 0.5) is 0 Å². The van der Waals surface area contributed by atoms with Crippen LogP contribution in [0.3, 0.4) is 0 Å². The summed E-state index contributed by atoms with van der Waals surface area (Å²) in [6, 6.07) is 14.6. The first-order chi connectivity index (χ1) is 17.0. The maximum Gasteiger partial charge on any atom is 0.257 e. The summed E-state index contributed by atoms with van der Waals surface area (Å²) in [5, 5.41) is 2.96. The van der Waals surface area contributed by atoms with Gasteiger partial charge in [0, 0.05) is 49.7 Å². The number of methoxy groups -OCH3 is 1. The number of aromatic nitrogens is 1. The Morgan fingerprint density at radius 3 is 2.29 bits per heavy atom. The molecule has 4 rings (SSSR count). The van der Waals surface area contributed by atoms with E-state index >= 15 is 0 Å². The Kier molecular flexibility index (Phi) is 7.45. The molecule has 3 amide bonds. The minimum Gasteiger partial charge on any atom is -0.497 e. The number of hydrogen-bond acceptors (Lipinski definition) is 5. The minimum absolute atomic E-state index is 0.0382. The lowest BCUT2D eigenvalue weighted by atomic mass is 10.1. The van der Waals surface area contributed by atoms with Gasteiger partial charge in [-0.15, -0.1) is 0 Å². The molecule has 1 aromatic heterocycles. The summed E-state index contributed by atoms with van der Waals surface area (Å²) in [7, 11) is 1.61. The van der Waals surface area contributed by atoms with Crippen molar-refractivity contribution < 1.29 is 19.1 Å². The number of carbonyl (C=O) groups is 3. The maximum atomic E-state index is 12.6. The molecule has 0 atom stereocenters. The van der Waals surface area contributed by atoms with Gasteiger partial charge in [0.05, 0.1) is 13.7 Å². The standard InChI is InChI=1S/C26H28N4O5/c1-35-19-9-6-18(7-10-19)8-11-23(31)29-12-14-30(15-13-29)24(32)17-28-26(34)21-16-27-22-5-3-2-4-20(22)25(21)33/h2-7,9-10,16H,8,11-15,17H2,1H3,(H,27,33)(H,28,34). The SMILES string of the molecule is COc1ccc(CCC(=O)N2CCN(C(=O)CNC(=O)c3c[nH]c4ccccc4c3=O)CC2)cc1. The van der Waals surface area contributed by atoms with Gasteiger partial charge in [-0.25, -0.2) is 0 Å². The van der Waals surface area contributed by atoms with Gasteiger partial charge in [0.2, 0.25) is 17.2 Å². The summed E-state index contributed by atoms with van der Waals surface area (Å²) in [5.74, 6) is -0.0172. The molecule has 2 aromatic carbocycles. The number of carbonyl (C=O) groups excluding carboxylic acids is 3. The zero-order valence-electron chi connectivity index (χ0n) is 19.6. The number of benzene rings is 2. The van der Waals surface area contributed by atoms with E-state index in [4.69, 9.17) is 4.74 Å². The summed E-state index contributed by atoms with van der Waals surface area (Å²) in [6.07, 6.45) is 2.40. The largest absolute Gasteiger partial charge is 0.497 e. The van der Waals surface area contributed by atoms with E-state index in [2.05, 4.69) is 10.3 Å². The van der Waals surface area contributed by atoms with E-state index in [1.54, 1.807) is 41.2 Å². The molecule has 1 saturated heterocycles. The van der Waals surface area contributed by atoms with Gasteiger partial charge < -0.3 is 24.8 Å². The second-order valence-corrected chi connectivity index (χ2v) is 8.37. The molecular formula is C26H28N4O5. The van der Waals surface area contributed by atoms with Gasteiger partial charge >= 0.3 is 0 Å². The molecule has 0 aliphatic carbocycles. The van der Waals surface area contributed by atoms with E-state index in [0.29, 0.717) is 49.9 Å². The van der Waals surface area contributed by atoms with Crippen LogP contribution in [0.1, 0.15) is 22.3 Å². The molecule has 9 heteroatoms. The predicted octanol–water partition coefficient (Wildman–Crippen LogP) is 1.57. The van der Waals surface area contributed by atoms with Crippen LogP contribution in [0.25, 0.3) is 10.9 Å². The van der Waals surface area contributed by atoms with E-state index in [1.807, 2.05) is 24.3 Å². The van der Waals surface area contributed by atoms with Crippen LogP contribution in [-0.2, 0) is 16.0 Å². The zero-order chi connectivity index (χ0) is 24.8. The van der Waals surface area contributed by atoms with Crippen LogP contribution >= 0.6 is 0 Å². The Bertz CT molecular complexity index is 1280. The molecule has 0 saturated carbocycles. The van der Waals surface area contributed by atoms with Crippen molar-refractivity contribution in [2.45, 2.75) is 12.8 Å². The lowest BCUT2D eigenvalue weighted by molar-refractivity contribution is -0.138. The number of amides is 3. The lowest BCUT2D eigenvalue weighted by Gasteiger charge is -2.35. The van der Waals surface area contributed by atoms with E-state index < -0.39 is 5.91 Å². The molecular weight excluding hydrogens is 448 g/mol. The molecule has 2 heterocycles. The van der Waals surface area contributed by atoms with E-state index in [0.717, 1.165) is 11.3 Å². The fraction of sp³-hybridized carbons (Fsp3) is 0.308. The van der Waals surface area contributed by atoms with Gasteiger partial charge in [0.25, 0.3) is 5.91 Å². The van der Waals surface area contributed by atoms with E-state index in [1.165, 1.54) is 6.20 Å². The summed E-state index contributed by atoms with van der Waals surface area (Å²) in [4.78, 5) is 56.6. The number of aromatic amines is 1. The Balaban J connectivity index is 1.23. The third-order valence-electron chi connectivity index (χ3n) is 6.20. The summed E-state index contributed by atoms with van der Waals surface area (Å²) >= 11 is 0. The average Bonchev–Trinajstić information content (AvgIpc) is 2.91. The second kappa shape index (κ2) is 10.9. The molecule has 9 nitrogen and oxygen atoms in total. The van der Waals surface area contributed by atoms with E-state index in [-0.39, 0.29) is 29.4 Å². The summed E-state index contributed by atoms with van der Waals surface area (Å²) in [6.45, 7) is 1.49. The van der Waals surface area contributed by atoms with Gasteiger partial charge in [-0.2, -0.15) is 0 Å². The Hall–Kier alpha value is -4.14. The number of rotatable bonds is 7. The number of aryl methyl sites for hydroxylation is 1. The number of hydrogen-bond donors (Lipinski definition) is 2. The maximum absolute atomic E-state index is 12.6. The van der Waals surface area contributed by atoms with Gasteiger partial charge in [0.15, 0.2) is 0 Å². The highest BCUT2D eigenvalue weighted by molar-refractivity contribution is 5.98. The monoisotopic (exact) mass is 476 g/mol. The first-order valence-electron chi connectivity index (χ1n) is 11.5. The fourth-order valence-corrected chi connectivity index (χ4v) is 4.11. The van der Waals surface area contributed by atoms with Gasteiger partial charge in [-0.3, -0.25) is 19.2 Å². The summed E-state index contributed by atoms with van der Waals surface area (Å²) in [5.41, 5.74) is 1.28. The molecule has 182 valence electrons. The normalized spacial score (nSPS) is 13.5. The molecule has 1 aliphatic rings. The van der Waals surface area contributed by atoms with Crippen molar-refractivity contribution in [3.63, 3.8) is 0 Å². The minimum atomic E-state index is -0.599. The van der Waals surface area contributed by atoms with Crippen molar-refractivity contribution in [1.82, 2.24) is 20.1 Å². The smallest absolute Gasteiger partial charge is 0.257 e. The molecule has 0 bridgehead atoms. The van der Waals surface area contributed by atoms with Crippen LogP contribution in [0.5, 0.6) is 5.75 Å². The molecule has 0 spiro atoms. The number of ether oxygens (including phenoxy) is 1. The highest BCUT2D eigenvalue weighted by Crippen LogP contribution is 2.14. The van der Waals surface area contributed by atoms with Gasteiger partial charge in [-0.05, 0) is 36.2 Å². The average molecular weight is 477 g/mol. The number of fused-ring (bicyclic) bond motifs is 1. The molecule has 35 heavy (non-hydrogen) atoms. The van der Waals surface area contributed by atoms with Crippen molar-refractivity contribution >= 4 is 28.6 Å². The molecule has 0 radical (unpaired) electrons. The van der Waals surface area contributed by atoms with Crippen LogP contribution in [0, 0.1) is 0 Å². The van der Waals surface area contributed by atoms with Crippen molar-refractivity contribution in [1.29, 1.82) is 0 Å². The molecule has 0 unspecified atom stereocenters. The van der Waals surface area contributed by atoms with Crippen LogP contribution in [0.2, 0.25) is 0 Å². The summed E-state index contributed by atoms with van der Waals surface area (Å²) < 4.78 is 5.15. The molecule has 1 fully saturated rings. The molecule has 3 aromatic rings. The first-order valence-corrected chi connectivity index (χ1v) is 11.5. The van der Waals surface area contributed by atoms with Crippen molar-refractivity contribution in [2.24, 2.45) is 0 Å². The van der Waals surface area contributed by atoms with Crippen molar-refractivity contribution in [3.05, 3.63) is 76.1 Å². The van der Waals surface area contributed by atoms with E-state index in [9.17, 15) is 19.2 Å². The zero-order valence-corrected chi connectivity index (χ0v) is 19.6. The Morgan fingerprint density at radius 2 is 1.60 bits per heavy atom. The Labute approximate surface area is 202 Å².